The molecule has 0 aromatic carbocycles. The third-order valence-electron chi connectivity index (χ3n) is 1.59. The van der Waals surface area contributed by atoms with E-state index in [0.717, 1.165) is 0 Å². The van der Waals surface area contributed by atoms with Crippen LogP contribution in [0.3, 0.4) is 0 Å². The number of rotatable bonds is 1. The average molecular weight is 263 g/mol. The van der Waals surface area contributed by atoms with Gasteiger partial charge in [-0.05, 0) is 0 Å². The predicted molar refractivity (Wildman–Crippen MR) is 52.2 cm³/mol. The van der Waals surface area contributed by atoms with Crippen molar-refractivity contribution in [1.82, 2.24) is 9.55 Å². The Morgan fingerprint density at radius 2 is 2.46 bits per heavy atom. The van der Waals surface area contributed by atoms with Gasteiger partial charge in [-0.2, -0.15) is 0 Å². The fourth-order valence-corrected chi connectivity index (χ4v) is 1.62. The molecule has 68 valence electrons. The van der Waals surface area contributed by atoms with Gasteiger partial charge in [0.2, 0.25) is 0 Å². The Labute approximate surface area is 86.3 Å². The zero-order chi connectivity index (χ0) is 9.42. The molecule has 2 rings (SSSR count). The molecule has 2 heterocycles. The molecule has 0 saturated carbocycles. The summed E-state index contributed by atoms with van der Waals surface area (Å²) in [5.74, 6) is -0.443. The number of hydrogen-bond acceptors (Lipinski definition) is 3. The van der Waals surface area contributed by atoms with Crippen LogP contribution < -0.4 is 5.76 Å². The van der Waals surface area contributed by atoms with Gasteiger partial charge in [0.1, 0.15) is 0 Å². The molecule has 0 saturated heterocycles. The Morgan fingerprint density at radius 3 is 3.15 bits per heavy atom. The molecule has 0 aliphatic rings. The Hall–Kier alpha value is -0.810. The average Bonchev–Trinajstić information content (AvgIpc) is 2.39. The van der Waals surface area contributed by atoms with Crippen LogP contribution in [0.5, 0.6) is 0 Å². The van der Waals surface area contributed by atoms with Crippen LogP contribution in [0.15, 0.2) is 21.5 Å². The quantitative estimate of drug-likeness (QED) is 0.739. The summed E-state index contributed by atoms with van der Waals surface area (Å²) >= 11 is 8.84. The first-order valence-corrected chi connectivity index (χ1v) is 4.93. The van der Waals surface area contributed by atoms with Gasteiger partial charge in [0.15, 0.2) is 11.2 Å². The third kappa shape index (κ3) is 1.38. The number of aromatic nitrogens is 2. The Bertz CT molecular complexity index is 505. The topological polar surface area (TPSA) is 48.0 Å². The molecule has 4 nitrogen and oxygen atoms in total. The highest BCUT2D eigenvalue weighted by molar-refractivity contribution is 9.08. The maximum absolute atomic E-state index is 11.2. The lowest BCUT2D eigenvalue weighted by molar-refractivity contribution is 0.527. The summed E-state index contributed by atoms with van der Waals surface area (Å²) in [7, 11) is 0. The van der Waals surface area contributed by atoms with E-state index in [4.69, 9.17) is 16.0 Å². The maximum atomic E-state index is 11.2. The second kappa shape index (κ2) is 3.16. The zero-order valence-electron chi connectivity index (χ0n) is 6.33. The van der Waals surface area contributed by atoms with Crippen molar-refractivity contribution in [1.29, 1.82) is 0 Å². The predicted octanol–water partition coefficient (Wildman–Crippen LogP) is 2.00. The standard InChI is InChI=1S/C7H4BrClN2O2/c8-3-11-6-5(13-7(11)12)1-4(9)2-10-6/h1-2H,3H2. The summed E-state index contributed by atoms with van der Waals surface area (Å²) in [4.78, 5) is 15.1. The number of pyridine rings is 1. The molecule has 2 aromatic heterocycles. The Balaban J connectivity index is 2.87. The molecule has 6 heteroatoms. The van der Waals surface area contributed by atoms with Crippen molar-refractivity contribution in [2.45, 2.75) is 5.45 Å². The summed E-state index contributed by atoms with van der Waals surface area (Å²) in [6.45, 7) is 0. The molecule has 2 aromatic rings. The molecular formula is C7H4BrClN2O2. The highest BCUT2D eigenvalue weighted by atomic mass is 79.9. The van der Waals surface area contributed by atoms with Gasteiger partial charge in [-0.3, -0.25) is 0 Å². The maximum Gasteiger partial charge on any atom is 0.421 e. The number of alkyl halides is 1. The largest absolute Gasteiger partial charge is 0.421 e. The Kier molecular flexibility index (Phi) is 2.13. The van der Waals surface area contributed by atoms with Gasteiger partial charge < -0.3 is 4.42 Å². The minimum Gasteiger partial charge on any atom is -0.406 e. The van der Waals surface area contributed by atoms with Crippen LogP contribution in [-0.4, -0.2) is 9.55 Å². The molecule has 0 aliphatic carbocycles. The van der Waals surface area contributed by atoms with Crippen LogP contribution in [0.2, 0.25) is 5.02 Å². The van der Waals surface area contributed by atoms with Crippen LogP contribution in [-0.2, 0) is 5.45 Å². The molecule has 0 unspecified atom stereocenters. The fraction of sp³-hybridized carbons (Fsp3) is 0.143. The highest BCUT2D eigenvalue weighted by Crippen LogP contribution is 2.15. The minimum atomic E-state index is -0.443. The molecule has 0 atom stereocenters. The van der Waals surface area contributed by atoms with Gasteiger partial charge in [0.25, 0.3) is 0 Å². The monoisotopic (exact) mass is 262 g/mol. The molecule has 0 radical (unpaired) electrons. The number of fused-ring (bicyclic) bond motifs is 1. The van der Waals surface area contributed by atoms with Crippen molar-refractivity contribution in [2.24, 2.45) is 0 Å². The summed E-state index contributed by atoms with van der Waals surface area (Å²) in [5, 5.41) is 0.447. The van der Waals surface area contributed by atoms with Crippen molar-refractivity contribution in [3.05, 3.63) is 27.8 Å². The fourth-order valence-electron chi connectivity index (χ4n) is 1.03. The molecule has 0 spiro atoms. The van der Waals surface area contributed by atoms with Gasteiger partial charge in [-0.25, -0.2) is 14.3 Å². The number of hydrogen-bond donors (Lipinski definition) is 0. The second-order valence-corrected chi connectivity index (χ2v) is 3.33. The van der Waals surface area contributed by atoms with Crippen LogP contribution in [0.4, 0.5) is 0 Å². The first-order valence-electron chi connectivity index (χ1n) is 3.43. The lowest BCUT2D eigenvalue weighted by Gasteiger charge is -1.92. The summed E-state index contributed by atoms with van der Waals surface area (Å²) in [6.07, 6.45) is 1.47. The van der Waals surface area contributed by atoms with Gasteiger partial charge in [0, 0.05) is 12.3 Å². The van der Waals surface area contributed by atoms with Crippen molar-refractivity contribution >= 4 is 38.8 Å². The van der Waals surface area contributed by atoms with Crippen LogP contribution >= 0.6 is 27.5 Å². The summed E-state index contributed by atoms with van der Waals surface area (Å²) < 4.78 is 6.27. The van der Waals surface area contributed by atoms with Crippen molar-refractivity contribution in [2.75, 3.05) is 0 Å². The van der Waals surface area contributed by atoms with Crippen molar-refractivity contribution in [3.63, 3.8) is 0 Å². The van der Waals surface area contributed by atoms with E-state index in [-0.39, 0.29) is 0 Å². The van der Waals surface area contributed by atoms with Crippen LogP contribution in [0.25, 0.3) is 11.2 Å². The van der Waals surface area contributed by atoms with Crippen LogP contribution in [0.1, 0.15) is 0 Å². The van der Waals surface area contributed by atoms with E-state index in [1.54, 1.807) is 6.07 Å². The minimum absolute atomic E-state index is 0.355. The normalized spacial score (nSPS) is 10.9. The summed E-state index contributed by atoms with van der Waals surface area (Å²) in [6, 6.07) is 1.56. The van der Waals surface area contributed by atoms with Gasteiger partial charge in [-0.1, -0.05) is 27.5 Å². The molecule has 0 amide bonds. The van der Waals surface area contributed by atoms with Gasteiger partial charge >= 0.3 is 5.76 Å². The van der Waals surface area contributed by atoms with E-state index in [2.05, 4.69) is 20.9 Å². The second-order valence-electron chi connectivity index (χ2n) is 2.39. The lowest BCUT2D eigenvalue weighted by Crippen LogP contribution is -2.11. The lowest BCUT2D eigenvalue weighted by atomic mass is 10.4. The molecule has 0 fully saturated rings. The van der Waals surface area contributed by atoms with E-state index >= 15 is 0 Å². The molecular weight excluding hydrogens is 259 g/mol. The van der Waals surface area contributed by atoms with E-state index in [0.29, 0.717) is 21.7 Å². The van der Waals surface area contributed by atoms with Crippen molar-refractivity contribution in [3.8, 4) is 0 Å². The molecule has 0 N–H and O–H groups in total. The molecule has 0 bridgehead atoms. The molecule has 13 heavy (non-hydrogen) atoms. The number of nitrogens with zero attached hydrogens (tertiary/aromatic N) is 2. The number of halogens is 2. The van der Waals surface area contributed by atoms with E-state index in [1.807, 2.05) is 0 Å². The first kappa shape index (κ1) is 8.77. The van der Waals surface area contributed by atoms with E-state index < -0.39 is 5.76 Å². The van der Waals surface area contributed by atoms with E-state index in [9.17, 15) is 4.79 Å². The third-order valence-corrected chi connectivity index (χ3v) is 2.30. The highest BCUT2D eigenvalue weighted by Gasteiger charge is 2.08. The number of oxazole rings is 1. The van der Waals surface area contributed by atoms with E-state index in [1.165, 1.54) is 10.8 Å². The first-order chi connectivity index (χ1) is 6.22. The smallest absolute Gasteiger partial charge is 0.406 e. The van der Waals surface area contributed by atoms with Gasteiger partial charge in [0.05, 0.1) is 10.5 Å². The molecule has 0 aliphatic heterocycles. The summed E-state index contributed by atoms with van der Waals surface area (Å²) in [5.41, 5.74) is 1.25. The van der Waals surface area contributed by atoms with Gasteiger partial charge in [-0.15, -0.1) is 0 Å². The van der Waals surface area contributed by atoms with Crippen LogP contribution in [0, 0.1) is 0 Å². The SMILES string of the molecule is O=c1oc2cc(Cl)cnc2n1CBr. The Morgan fingerprint density at radius 1 is 1.69 bits per heavy atom. The zero-order valence-corrected chi connectivity index (χ0v) is 8.67. The van der Waals surface area contributed by atoms with Crippen molar-refractivity contribution < 1.29 is 4.42 Å².